The maximum absolute atomic E-state index is 13.5. The molecule has 7 heteroatoms. The van der Waals surface area contributed by atoms with Crippen LogP contribution in [0.2, 0.25) is 0 Å². The minimum Gasteiger partial charge on any atom is -0.378 e. The van der Waals surface area contributed by atoms with Crippen molar-refractivity contribution in [2.24, 2.45) is 0 Å². The highest BCUT2D eigenvalue weighted by Gasteiger charge is 2.31. The Bertz CT molecular complexity index is 1030. The molecule has 2 aromatic carbocycles. The van der Waals surface area contributed by atoms with Crippen molar-refractivity contribution in [1.29, 1.82) is 0 Å². The van der Waals surface area contributed by atoms with Gasteiger partial charge in [0, 0.05) is 12.2 Å². The number of ether oxygens (including phenoxy) is 1. The molecule has 1 unspecified atom stereocenters. The molecule has 3 aromatic rings. The van der Waals surface area contributed by atoms with E-state index in [1.54, 1.807) is 23.1 Å². The largest absolute Gasteiger partial charge is 0.378 e. The van der Waals surface area contributed by atoms with E-state index in [0.717, 1.165) is 25.4 Å². The fraction of sp³-hybridized carbons (Fsp3) is 0.391. The summed E-state index contributed by atoms with van der Waals surface area (Å²) >= 11 is 0. The van der Waals surface area contributed by atoms with Gasteiger partial charge in [0.2, 0.25) is 5.95 Å². The Hall–Kier alpha value is -2.77. The molecule has 0 aliphatic carbocycles. The van der Waals surface area contributed by atoms with Crippen molar-refractivity contribution in [3.63, 3.8) is 0 Å². The van der Waals surface area contributed by atoms with Crippen LogP contribution in [-0.2, 0) is 4.74 Å². The third-order valence-electron chi connectivity index (χ3n) is 5.98. The highest BCUT2D eigenvalue weighted by molar-refractivity contribution is 5.56. The summed E-state index contributed by atoms with van der Waals surface area (Å²) in [6, 6.07) is 13.5. The Morgan fingerprint density at radius 1 is 1.17 bits per heavy atom. The van der Waals surface area contributed by atoms with E-state index in [4.69, 9.17) is 4.74 Å². The molecule has 5 rings (SSSR count). The normalized spacial score (nSPS) is 20.1. The number of hydrogen-bond acceptors (Lipinski definition) is 5. The first-order valence-corrected chi connectivity index (χ1v) is 10.5. The monoisotopic (exact) mass is 407 g/mol. The second-order valence-electron chi connectivity index (χ2n) is 8.28. The molecule has 1 N–H and O–H groups in total. The lowest BCUT2D eigenvalue weighted by Crippen LogP contribution is -2.52. The molecular formula is C23H26FN5O. The SMILES string of the molecule is Cc1cc(Nc2ncn(-c3cccc(F)c3)n2)cc(C2CCCN(C3COC3)C2)c1. The topological polar surface area (TPSA) is 55.2 Å². The van der Waals surface area contributed by atoms with Crippen molar-refractivity contribution in [1.82, 2.24) is 19.7 Å². The number of nitrogens with one attached hydrogen (secondary N) is 1. The summed E-state index contributed by atoms with van der Waals surface area (Å²) < 4.78 is 20.4. The molecule has 156 valence electrons. The van der Waals surface area contributed by atoms with Crippen molar-refractivity contribution < 1.29 is 9.13 Å². The van der Waals surface area contributed by atoms with Gasteiger partial charge in [-0.15, -0.1) is 5.10 Å². The molecule has 2 aliphatic rings. The summed E-state index contributed by atoms with van der Waals surface area (Å²) in [6.07, 6.45) is 4.02. The zero-order valence-corrected chi connectivity index (χ0v) is 17.1. The van der Waals surface area contributed by atoms with E-state index < -0.39 is 0 Å². The van der Waals surface area contributed by atoms with E-state index in [9.17, 15) is 4.39 Å². The molecule has 0 radical (unpaired) electrons. The molecule has 2 saturated heterocycles. The Morgan fingerprint density at radius 2 is 2.07 bits per heavy atom. The predicted molar refractivity (Wildman–Crippen MR) is 114 cm³/mol. The molecule has 1 aromatic heterocycles. The van der Waals surface area contributed by atoms with Gasteiger partial charge >= 0.3 is 0 Å². The standard InChI is InChI=1S/C23H26FN5O/c1-16-8-18(17-4-3-7-28(12-17)22-13-30-14-22)10-20(9-16)26-23-25-15-29(27-23)21-6-2-5-19(24)11-21/h2,5-6,8-11,15,17,22H,3-4,7,12-14H2,1H3,(H,26,27). The minimum atomic E-state index is -0.296. The van der Waals surface area contributed by atoms with E-state index >= 15 is 0 Å². The number of piperidine rings is 1. The molecule has 3 heterocycles. The molecule has 6 nitrogen and oxygen atoms in total. The first-order valence-electron chi connectivity index (χ1n) is 10.5. The Balaban J connectivity index is 1.33. The lowest BCUT2D eigenvalue weighted by atomic mass is 9.88. The average molecular weight is 407 g/mol. The summed E-state index contributed by atoms with van der Waals surface area (Å²) in [7, 11) is 0. The number of rotatable bonds is 5. The first kappa shape index (κ1) is 19.2. The lowest BCUT2D eigenvalue weighted by Gasteiger charge is -2.42. The van der Waals surface area contributed by atoms with Gasteiger partial charge in [-0.05, 0) is 73.7 Å². The zero-order chi connectivity index (χ0) is 20.5. The van der Waals surface area contributed by atoms with E-state index in [2.05, 4.69) is 45.4 Å². The molecule has 0 amide bonds. The molecule has 0 bridgehead atoms. The minimum absolute atomic E-state index is 0.296. The van der Waals surface area contributed by atoms with Gasteiger partial charge in [-0.3, -0.25) is 4.90 Å². The maximum atomic E-state index is 13.5. The molecule has 30 heavy (non-hydrogen) atoms. The number of benzene rings is 2. The predicted octanol–water partition coefficient (Wildman–Crippen LogP) is 4.04. The Labute approximate surface area is 175 Å². The van der Waals surface area contributed by atoms with Crippen molar-refractivity contribution in [2.45, 2.75) is 31.7 Å². The molecular weight excluding hydrogens is 381 g/mol. The highest BCUT2D eigenvalue weighted by Crippen LogP contribution is 2.32. The third kappa shape index (κ3) is 4.08. The average Bonchev–Trinajstić information content (AvgIpc) is 3.15. The smallest absolute Gasteiger partial charge is 0.246 e. The molecule has 1 atom stereocenters. The van der Waals surface area contributed by atoms with Gasteiger partial charge in [0.25, 0.3) is 0 Å². The number of aromatic nitrogens is 3. The fourth-order valence-corrected chi connectivity index (χ4v) is 4.36. The van der Waals surface area contributed by atoms with Crippen LogP contribution < -0.4 is 5.32 Å². The second-order valence-corrected chi connectivity index (χ2v) is 8.28. The molecule has 0 spiro atoms. The summed E-state index contributed by atoms with van der Waals surface area (Å²) in [5.41, 5.74) is 4.18. The number of halogens is 1. The van der Waals surface area contributed by atoms with Gasteiger partial charge in [0.05, 0.1) is 24.9 Å². The highest BCUT2D eigenvalue weighted by atomic mass is 19.1. The molecule has 0 saturated carbocycles. The number of nitrogens with zero attached hydrogens (tertiary/aromatic N) is 4. The number of likely N-dealkylation sites (tertiary alicyclic amines) is 1. The Kier molecular flexibility index (Phi) is 5.23. The van der Waals surface area contributed by atoms with E-state index in [0.29, 0.717) is 23.6 Å². The van der Waals surface area contributed by atoms with Crippen molar-refractivity contribution >= 4 is 11.6 Å². The van der Waals surface area contributed by atoms with Crippen molar-refractivity contribution in [3.8, 4) is 5.69 Å². The van der Waals surface area contributed by atoms with E-state index in [1.165, 1.54) is 42.6 Å². The Morgan fingerprint density at radius 3 is 2.87 bits per heavy atom. The van der Waals surface area contributed by atoms with Gasteiger partial charge in [0.1, 0.15) is 12.1 Å². The summed E-state index contributed by atoms with van der Waals surface area (Å²) in [5.74, 6) is 0.723. The van der Waals surface area contributed by atoms with Gasteiger partial charge in [-0.1, -0.05) is 12.1 Å². The van der Waals surface area contributed by atoms with Crippen LogP contribution in [0.15, 0.2) is 48.8 Å². The van der Waals surface area contributed by atoms with Crippen LogP contribution in [0.3, 0.4) is 0 Å². The van der Waals surface area contributed by atoms with Crippen LogP contribution in [-0.4, -0.2) is 52.0 Å². The van der Waals surface area contributed by atoms with E-state index in [1.807, 2.05) is 0 Å². The number of hydrogen-bond donors (Lipinski definition) is 1. The van der Waals surface area contributed by atoms with Crippen molar-refractivity contribution in [3.05, 3.63) is 65.7 Å². The van der Waals surface area contributed by atoms with Crippen molar-refractivity contribution in [2.75, 3.05) is 31.6 Å². The first-order chi connectivity index (χ1) is 14.6. The van der Waals surface area contributed by atoms with Gasteiger partial charge in [-0.2, -0.15) is 4.98 Å². The van der Waals surface area contributed by atoms with Gasteiger partial charge in [-0.25, -0.2) is 9.07 Å². The summed E-state index contributed by atoms with van der Waals surface area (Å²) in [6.45, 7) is 6.11. The van der Waals surface area contributed by atoms with Crippen LogP contribution in [0.1, 0.15) is 29.9 Å². The summed E-state index contributed by atoms with van der Waals surface area (Å²) in [5, 5.41) is 7.76. The van der Waals surface area contributed by atoms with Crippen LogP contribution in [0.5, 0.6) is 0 Å². The molecule has 2 aliphatic heterocycles. The number of aryl methyl sites for hydroxylation is 1. The lowest BCUT2D eigenvalue weighted by molar-refractivity contribution is -0.0721. The van der Waals surface area contributed by atoms with Crippen LogP contribution >= 0.6 is 0 Å². The quantitative estimate of drug-likeness (QED) is 0.692. The molecule has 2 fully saturated rings. The summed E-state index contributed by atoms with van der Waals surface area (Å²) in [4.78, 5) is 6.92. The second kappa shape index (κ2) is 8.16. The fourth-order valence-electron chi connectivity index (χ4n) is 4.36. The maximum Gasteiger partial charge on any atom is 0.246 e. The number of anilines is 2. The van der Waals surface area contributed by atoms with Crippen LogP contribution in [0, 0.1) is 12.7 Å². The van der Waals surface area contributed by atoms with Gasteiger partial charge < -0.3 is 10.1 Å². The zero-order valence-electron chi connectivity index (χ0n) is 17.1. The van der Waals surface area contributed by atoms with Gasteiger partial charge in [0.15, 0.2) is 0 Å². The van der Waals surface area contributed by atoms with Crippen LogP contribution in [0.4, 0.5) is 16.0 Å². The van der Waals surface area contributed by atoms with E-state index in [-0.39, 0.29) is 5.82 Å². The van der Waals surface area contributed by atoms with Crippen LogP contribution in [0.25, 0.3) is 5.69 Å². The third-order valence-corrected chi connectivity index (χ3v) is 5.98.